The first kappa shape index (κ1) is 16.1. The molecular formula is C12H22O5. The zero-order valence-electron chi connectivity index (χ0n) is 11.2. The van der Waals surface area contributed by atoms with E-state index >= 15 is 0 Å². The maximum absolute atomic E-state index is 11.3. The van der Waals surface area contributed by atoms with Crippen LogP contribution in [0.3, 0.4) is 0 Å². The lowest BCUT2D eigenvalue weighted by Gasteiger charge is -2.21. The third-order valence-corrected chi connectivity index (χ3v) is 2.10. The topological polar surface area (TPSA) is 54.0 Å². The van der Waals surface area contributed by atoms with Gasteiger partial charge in [-0.05, 0) is 13.8 Å². The number of methoxy groups -OCH3 is 1. The third kappa shape index (κ3) is 5.81. The van der Waals surface area contributed by atoms with Crippen molar-refractivity contribution >= 4 is 5.97 Å². The van der Waals surface area contributed by atoms with Gasteiger partial charge in [0.15, 0.2) is 6.29 Å². The van der Waals surface area contributed by atoms with Crippen molar-refractivity contribution in [3.05, 3.63) is 12.2 Å². The molecule has 0 aromatic carbocycles. The van der Waals surface area contributed by atoms with E-state index in [9.17, 15) is 4.79 Å². The summed E-state index contributed by atoms with van der Waals surface area (Å²) in [7, 11) is 1.53. The summed E-state index contributed by atoms with van der Waals surface area (Å²) in [5.41, 5.74) is 0.213. The maximum Gasteiger partial charge on any atom is 0.336 e. The van der Waals surface area contributed by atoms with Gasteiger partial charge in [-0.1, -0.05) is 20.4 Å². The Hall–Kier alpha value is -0.910. The van der Waals surface area contributed by atoms with E-state index < -0.39 is 18.4 Å². The van der Waals surface area contributed by atoms with Crippen LogP contribution in [0.1, 0.15) is 27.7 Å². The van der Waals surface area contributed by atoms with Crippen molar-refractivity contribution in [1.29, 1.82) is 0 Å². The van der Waals surface area contributed by atoms with Gasteiger partial charge in [0, 0.05) is 13.0 Å². The second-order valence-electron chi connectivity index (χ2n) is 3.93. The predicted octanol–water partition coefficient (Wildman–Crippen LogP) is 2.07. The number of ether oxygens (including phenoxy) is 2. The Balaban J connectivity index is 4.12. The van der Waals surface area contributed by atoms with Crippen LogP contribution in [0, 0.1) is 5.92 Å². The quantitative estimate of drug-likeness (QED) is 0.216. The van der Waals surface area contributed by atoms with Crippen molar-refractivity contribution in [3.63, 3.8) is 0 Å². The summed E-state index contributed by atoms with van der Waals surface area (Å²) in [6.45, 7) is 11.2. The number of carbonyl (C=O) groups is 1. The molecule has 0 aliphatic heterocycles. The molecule has 0 spiro atoms. The lowest BCUT2D eigenvalue weighted by molar-refractivity contribution is -0.395. The van der Waals surface area contributed by atoms with Gasteiger partial charge in [0.05, 0.1) is 12.2 Å². The van der Waals surface area contributed by atoms with Crippen LogP contribution in [-0.2, 0) is 24.0 Å². The minimum absolute atomic E-state index is 0.142. The summed E-state index contributed by atoms with van der Waals surface area (Å²) in [5.74, 6) is -0.342. The van der Waals surface area contributed by atoms with E-state index in [1.807, 2.05) is 13.8 Å². The highest BCUT2D eigenvalue weighted by Gasteiger charge is 2.20. The van der Waals surface area contributed by atoms with Crippen LogP contribution in [0.2, 0.25) is 0 Å². The molecule has 0 saturated heterocycles. The summed E-state index contributed by atoms with van der Waals surface area (Å²) in [6.07, 6.45) is -1.06. The molecule has 17 heavy (non-hydrogen) atoms. The molecule has 2 atom stereocenters. The number of hydrogen-bond donors (Lipinski definition) is 0. The fourth-order valence-electron chi connectivity index (χ4n) is 1.01. The summed E-state index contributed by atoms with van der Waals surface area (Å²) in [6, 6.07) is 0. The molecule has 5 heteroatoms. The number of hydrogen-bond acceptors (Lipinski definition) is 5. The van der Waals surface area contributed by atoms with Crippen LogP contribution < -0.4 is 0 Å². The van der Waals surface area contributed by atoms with Gasteiger partial charge < -0.3 is 9.47 Å². The second kappa shape index (κ2) is 8.22. The molecule has 2 unspecified atom stereocenters. The Labute approximate surface area is 103 Å². The fourth-order valence-corrected chi connectivity index (χ4v) is 1.01. The first-order valence-electron chi connectivity index (χ1n) is 5.64. The molecule has 0 aliphatic carbocycles. The van der Waals surface area contributed by atoms with Crippen LogP contribution >= 0.6 is 0 Å². The molecule has 0 rings (SSSR count). The predicted molar refractivity (Wildman–Crippen MR) is 63.0 cm³/mol. The smallest absolute Gasteiger partial charge is 0.336 e. The van der Waals surface area contributed by atoms with Gasteiger partial charge in [0.25, 0.3) is 0 Å². The number of esters is 1. The average Bonchev–Trinajstić information content (AvgIpc) is 2.28. The Morgan fingerprint density at radius 3 is 2.24 bits per heavy atom. The van der Waals surface area contributed by atoms with Crippen molar-refractivity contribution in [1.82, 2.24) is 0 Å². The largest absolute Gasteiger partial charge is 0.463 e. The molecule has 5 nitrogen and oxygen atoms in total. The minimum atomic E-state index is -0.578. The molecule has 0 bridgehead atoms. The van der Waals surface area contributed by atoms with Gasteiger partial charge in [-0.15, -0.1) is 0 Å². The average molecular weight is 246 g/mol. The molecule has 0 N–H and O–H groups in total. The van der Waals surface area contributed by atoms with E-state index in [1.165, 1.54) is 7.11 Å². The van der Waals surface area contributed by atoms with Crippen molar-refractivity contribution < 1.29 is 24.0 Å². The zero-order valence-corrected chi connectivity index (χ0v) is 11.2. The molecule has 0 heterocycles. The molecule has 0 fully saturated rings. The maximum atomic E-state index is 11.3. The van der Waals surface area contributed by atoms with Gasteiger partial charge in [-0.25, -0.2) is 14.6 Å². The monoisotopic (exact) mass is 246 g/mol. The van der Waals surface area contributed by atoms with Crippen LogP contribution in [-0.4, -0.2) is 32.1 Å². The minimum Gasteiger partial charge on any atom is -0.463 e. The van der Waals surface area contributed by atoms with E-state index in [4.69, 9.17) is 19.2 Å². The summed E-state index contributed by atoms with van der Waals surface area (Å²) in [5, 5.41) is 0. The van der Waals surface area contributed by atoms with E-state index in [0.717, 1.165) is 0 Å². The summed E-state index contributed by atoms with van der Waals surface area (Å²) < 4.78 is 9.86. The molecule has 0 radical (unpaired) electrons. The van der Waals surface area contributed by atoms with Crippen LogP contribution in [0.4, 0.5) is 0 Å². The lowest BCUT2D eigenvalue weighted by Crippen LogP contribution is -2.27. The first-order valence-corrected chi connectivity index (χ1v) is 5.64. The van der Waals surface area contributed by atoms with Crippen LogP contribution in [0.5, 0.6) is 0 Å². The summed E-state index contributed by atoms with van der Waals surface area (Å²) in [4.78, 5) is 21.5. The number of rotatable bonds is 8. The highest BCUT2D eigenvalue weighted by molar-refractivity contribution is 5.88. The number of carbonyl (C=O) groups excluding carboxylic acids is 1. The van der Waals surface area contributed by atoms with Gasteiger partial charge in [0.1, 0.15) is 6.10 Å². The van der Waals surface area contributed by atoms with Crippen molar-refractivity contribution in [3.8, 4) is 0 Å². The van der Waals surface area contributed by atoms with Crippen molar-refractivity contribution in [2.45, 2.75) is 40.1 Å². The standard InChI is InChI=1S/C12H22O5/c1-7-15-11(13)9(4)10(5)16-17-12(14-6)8(2)3/h8,10,12H,4,7H2,1-3,5-6H3. The third-order valence-electron chi connectivity index (χ3n) is 2.10. The molecule has 0 aromatic heterocycles. The van der Waals surface area contributed by atoms with Gasteiger partial charge in [-0.3, -0.25) is 0 Å². The second-order valence-corrected chi connectivity index (χ2v) is 3.93. The molecule has 0 amide bonds. The Morgan fingerprint density at radius 2 is 1.82 bits per heavy atom. The van der Waals surface area contributed by atoms with E-state index in [0.29, 0.717) is 6.61 Å². The SMILES string of the molecule is C=C(C(=O)OCC)C(C)OOC(OC)C(C)C. The van der Waals surface area contributed by atoms with Gasteiger partial charge in [0.2, 0.25) is 0 Å². The van der Waals surface area contributed by atoms with Gasteiger partial charge in [-0.2, -0.15) is 0 Å². The molecular weight excluding hydrogens is 224 g/mol. The van der Waals surface area contributed by atoms with Crippen LogP contribution in [0.25, 0.3) is 0 Å². The highest BCUT2D eigenvalue weighted by atomic mass is 17.2. The Morgan fingerprint density at radius 1 is 1.24 bits per heavy atom. The van der Waals surface area contributed by atoms with Gasteiger partial charge >= 0.3 is 5.97 Å². The van der Waals surface area contributed by atoms with Crippen molar-refractivity contribution in [2.24, 2.45) is 5.92 Å². The molecule has 0 aliphatic rings. The molecule has 100 valence electrons. The first-order chi connectivity index (χ1) is 7.93. The fraction of sp³-hybridized carbons (Fsp3) is 0.750. The van der Waals surface area contributed by atoms with E-state index in [1.54, 1.807) is 13.8 Å². The molecule has 0 aromatic rings. The zero-order chi connectivity index (χ0) is 13.4. The normalized spacial score (nSPS) is 14.5. The Bertz CT molecular complexity index is 249. The summed E-state index contributed by atoms with van der Waals surface area (Å²) >= 11 is 0. The van der Waals surface area contributed by atoms with Crippen LogP contribution in [0.15, 0.2) is 12.2 Å². The highest BCUT2D eigenvalue weighted by Crippen LogP contribution is 2.12. The lowest BCUT2D eigenvalue weighted by atomic mass is 10.2. The van der Waals surface area contributed by atoms with Crippen molar-refractivity contribution in [2.75, 3.05) is 13.7 Å². The van der Waals surface area contributed by atoms with E-state index in [2.05, 4.69) is 6.58 Å². The van der Waals surface area contributed by atoms with E-state index in [-0.39, 0.29) is 11.5 Å². The Kier molecular flexibility index (Phi) is 7.78. The molecule has 0 saturated carbocycles.